The van der Waals surface area contributed by atoms with Gasteiger partial charge in [0.1, 0.15) is 12.4 Å². The molecular formula is C20H24F2N2O. The number of aromatic nitrogens is 1. The summed E-state index contributed by atoms with van der Waals surface area (Å²) in [7, 11) is 2.01. The van der Waals surface area contributed by atoms with Crippen molar-refractivity contribution in [2.45, 2.75) is 50.8 Å². The second kappa shape index (κ2) is 7.91. The van der Waals surface area contributed by atoms with Gasteiger partial charge in [0.15, 0.2) is 0 Å². The van der Waals surface area contributed by atoms with Gasteiger partial charge in [-0.15, -0.1) is 0 Å². The molecule has 1 aliphatic carbocycles. The Hall–Kier alpha value is -2.01. The molecular weight excluding hydrogens is 322 g/mol. The molecule has 3 nitrogen and oxygen atoms in total. The van der Waals surface area contributed by atoms with Crippen LogP contribution in [-0.4, -0.2) is 28.9 Å². The standard InChI is InChI=1S/C20H24F2N2O/c1-24(18-9-11-20(21,22)12-10-18)14-16-5-7-19(8-6-16)25-15-17-4-2-3-13-23-17/h2-8,13,18H,9-12,14-15H2,1H3. The van der Waals surface area contributed by atoms with Crippen LogP contribution < -0.4 is 4.74 Å². The van der Waals surface area contributed by atoms with Gasteiger partial charge >= 0.3 is 0 Å². The lowest BCUT2D eigenvalue weighted by molar-refractivity contribution is -0.0519. The van der Waals surface area contributed by atoms with E-state index in [4.69, 9.17) is 4.74 Å². The monoisotopic (exact) mass is 346 g/mol. The molecule has 0 unspecified atom stereocenters. The summed E-state index contributed by atoms with van der Waals surface area (Å²) in [6.07, 6.45) is 2.88. The van der Waals surface area contributed by atoms with Gasteiger partial charge in [0.25, 0.3) is 0 Å². The van der Waals surface area contributed by atoms with Crippen LogP contribution in [0.5, 0.6) is 5.75 Å². The number of alkyl halides is 2. The Morgan fingerprint density at radius 2 is 1.84 bits per heavy atom. The lowest BCUT2D eigenvalue weighted by Crippen LogP contribution is -2.38. The van der Waals surface area contributed by atoms with E-state index in [2.05, 4.69) is 9.88 Å². The van der Waals surface area contributed by atoms with Gasteiger partial charge in [0.2, 0.25) is 5.92 Å². The van der Waals surface area contributed by atoms with E-state index in [1.54, 1.807) is 6.20 Å². The van der Waals surface area contributed by atoms with Crippen molar-refractivity contribution >= 4 is 0 Å². The van der Waals surface area contributed by atoms with Crippen LogP contribution in [0.25, 0.3) is 0 Å². The van der Waals surface area contributed by atoms with Gasteiger partial charge in [-0.3, -0.25) is 9.88 Å². The predicted molar refractivity (Wildman–Crippen MR) is 93.7 cm³/mol. The first kappa shape index (κ1) is 17.8. The van der Waals surface area contributed by atoms with Crippen molar-refractivity contribution in [1.82, 2.24) is 9.88 Å². The van der Waals surface area contributed by atoms with Crippen LogP contribution in [0.1, 0.15) is 36.9 Å². The minimum absolute atomic E-state index is 0.00229. The van der Waals surface area contributed by atoms with Gasteiger partial charge in [-0.2, -0.15) is 0 Å². The third-order valence-corrected chi connectivity index (χ3v) is 4.78. The molecule has 0 atom stereocenters. The molecule has 0 N–H and O–H groups in total. The maximum atomic E-state index is 13.3. The van der Waals surface area contributed by atoms with Gasteiger partial charge in [-0.05, 0) is 49.7 Å². The van der Waals surface area contributed by atoms with E-state index in [-0.39, 0.29) is 18.9 Å². The van der Waals surface area contributed by atoms with Gasteiger partial charge in [-0.25, -0.2) is 8.78 Å². The van der Waals surface area contributed by atoms with Crippen molar-refractivity contribution in [3.05, 3.63) is 59.9 Å². The number of halogens is 2. The number of ether oxygens (including phenoxy) is 1. The van der Waals surface area contributed by atoms with Crippen molar-refractivity contribution in [1.29, 1.82) is 0 Å². The Morgan fingerprint density at radius 3 is 2.48 bits per heavy atom. The molecule has 25 heavy (non-hydrogen) atoms. The van der Waals surface area contributed by atoms with Crippen LogP contribution in [0.4, 0.5) is 8.78 Å². The summed E-state index contributed by atoms with van der Waals surface area (Å²) in [6.45, 7) is 1.20. The number of hydrogen-bond acceptors (Lipinski definition) is 3. The molecule has 1 aromatic carbocycles. The first-order chi connectivity index (χ1) is 12.0. The fraction of sp³-hybridized carbons (Fsp3) is 0.450. The highest BCUT2D eigenvalue weighted by molar-refractivity contribution is 5.27. The molecule has 2 aromatic rings. The number of nitrogens with zero attached hydrogens (tertiary/aromatic N) is 2. The number of rotatable bonds is 6. The van der Waals surface area contributed by atoms with E-state index in [1.807, 2.05) is 49.5 Å². The van der Waals surface area contributed by atoms with Crippen molar-refractivity contribution < 1.29 is 13.5 Å². The van der Waals surface area contributed by atoms with Crippen molar-refractivity contribution in [2.24, 2.45) is 0 Å². The smallest absolute Gasteiger partial charge is 0.248 e. The Kier molecular flexibility index (Phi) is 5.63. The second-order valence-electron chi connectivity index (χ2n) is 6.76. The third-order valence-electron chi connectivity index (χ3n) is 4.78. The molecule has 0 amide bonds. The normalized spacial score (nSPS) is 17.6. The van der Waals surface area contributed by atoms with Crippen molar-refractivity contribution in [3.8, 4) is 5.75 Å². The van der Waals surface area contributed by atoms with Crippen LogP contribution in [0.15, 0.2) is 48.7 Å². The quantitative estimate of drug-likeness (QED) is 0.760. The summed E-state index contributed by atoms with van der Waals surface area (Å²) in [5.41, 5.74) is 2.05. The van der Waals surface area contributed by atoms with Gasteiger partial charge in [0.05, 0.1) is 5.69 Å². The van der Waals surface area contributed by atoms with E-state index < -0.39 is 5.92 Å². The molecule has 0 bridgehead atoms. The van der Waals surface area contributed by atoms with Crippen LogP contribution in [-0.2, 0) is 13.2 Å². The van der Waals surface area contributed by atoms with E-state index >= 15 is 0 Å². The largest absolute Gasteiger partial charge is 0.487 e. The zero-order valence-electron chi connectivity index (χ0n) is 14.5. The van der Waals surface area contributed by atoms with Crippen molar-refractivity contribution in [2.75, 3.05) is 7.05 Å². The summed E-state index contributed by atoms with van der Waals surface area (Å²) < 4.78 is 32.3. The molecule has 0 radical (unpaired) electrons. The van der Waals surface area contributed by atoms with E-state index in [9.17, 15) is 8.78 Å². The average Bonchev–Trinajstić information content (AvgIpc) is 2.62. The third kappa shape index (κ3) is 5.23. The van der Waals surface area contributed by atoms with Crippen LogP contribution in [0.2, 0.25) is 0 Å². The molecule has 0 saturated heterocycles. The van der Waals surface area contributed by atoms with Crippen LogP contribution >= 0.6 is 0 Å². The molecule has 5 heteroatoms. The minimum Gasteiger partial charge on any atom is -0.487 e. The van der Waals surface area contributed by atoms with Gasteiger partial charge < -0.3 is 4.74 Å². The molecule has 0 aliphatic heterocycles. The molecule has 1 aromatic heterocycles. The zero-order valence-corrected chi connectivity index (χ0v) is 14.5. The topological polar surface area (TPSA) is 25.4 Å². The SMILES string of the molecule is CN(Cc1ccc(OCc2ccccn2)cc1)C1CCC(F)(F)CC1. The lowest BCUT2D eigenvalue weighted by atomic mass is 9.91. The molecule has 134 valence electrons. The zero-order chi connectivity index (χ0) is 17.7. The van der Waals surface area contributed by atoms with Crippen LogP contribution in [0, 0.1) is 0 Å². The fourth-order valence-corrected chi connectivity index (χ4v) is 3.21. The molecule has 3 rings (SSSR count). The van der Waals surface area contributed by atoms with E-state index in [1.165, 1.54) is 0 Å². The molecule has 1 heterocycles. The summed E-state index contributed by atoms with van der Waals surface area (Å²) in [6, 6.07) is 13.9. The summed E-state index contributed by atoms with van der Waals surface area (Å²) in [4.78, 5) is 6.41. The highest BCUT2D eigenvalue weighted by Crippen LogP contribution is 2.35. The average molecular weight is 346 g/mol. The minimum atomic E-state index is -2.47. The summed E-state index contributed by atoms with van der Waals surface area (Å²) >= 11 is 0. The number of hydrogen-bond donors (Lipinski definition) is 0. The highest BCUT2D eigenvalue weighted by atomic mass is 19.3. The van der Waals surface area contributed by atoms with E-state index in [0.717, 1.165) is 23.6 Å². The van der Waals surface area contributed by atoms with Gasteiger partial charge in [-0.1, -0.05) is 18.2 Å². The molecule has 1 saturated carbocycles. The maximum absolute atomic E-state index is 13.3. The molecule has 1 aliphatic rings. The Labute approximate surface area is 147 Å². The molecule has 1 fully saturated rings. The number of benzene rings is 1. The Bertz CT molecular complexity index is 651. The first-order valence-electron chi connectivity index (χ1n) is 8.71. The van der Waals surface area contributed by atoms with E-state index in [0.29, 0.717) is 19.4 Å². The van der Waals surface area contributed by atoms with Gasteiger partial charge in [0, 0.05) is 31.6 Å². The first-order valence-corrected chi connectivity index (χ1v) is 8.71. The van der Waals surface area contributed by atoms with Crippen molar-refractivity contribution in [3.63, 3.8) is 0 Å². The summed E-state index contributed by atoms with van der Waals surface area (Å²) in [5, 5.41) is 0. The Balaban J connectivity index is 1.49. The number of pyridine rings is 1. The maximum Gasteiger partial charge on any atom is 0.248 e. The second-order valence-corrected chi connectivity index (χ2v) is 6.76. The highest BCUT2D eigenvalue weighted by Gasteiger charge is 2.36. The summed E-state index contributed by atoms with van der Waals surface area (Å²) in [5.74, 6) is -1.67. The fourth-order valence-electron chi connectivity index (χ4n) is 3.21. The predicted octanol–water partition coefficient (Wildman–Crippen LogP) is 4.67. The molecule has 0 spiro atoms. The Morgan fingerprint density at radius 1 is 1.12 bits per heavy atom. The lowest BCUT2D eigenvalue weighted by Gasteiger charge is -2.34. The van der Waals surface area contributed by atoms with Crippen LogP contribution in [0.3, 0.4) is 0 Å².